The van der Waals surface area contributed by atoms with E-state index in [1.807, 2.05) is 11.9 Å². The Morgan fingerprint density at radius 1 is 1.25 bits per heavy atom. The second-order valence-corrected chi connectivity index (χ2v) is 11.1. The van der Waals surface area contributed by atoms with E-state index < -0.39 is 11.4 Å². The Morgan fingerprint density at radius 3 is 2.75 bits per heavy atom. The fourth-order valence-corrected chi connectivity index (χ4v) is 6.41. The van der Waals surface area contributed by atoms with E-state index >= 15 is 0 Å². The van der Waals surface area contributed by atoms with Crippen molar-refractivity contribution in [3.63, 3.8) is 0 Å². The third-order valence-corrected chi connectivity index (χ3v) is 8.46. The van der Waals surface area contributed by atoms with E-state index in [-0.39, 0.29) is 23.0 Å². The number of likely N-dealkylation sites (N-methyl/N-ethyl adjacent to an activating group) is 1. The number of nitrogens with one attached hydrogen (secondary N) is 2. The minimum absolute atomic E-state index is 0.0325. The van der Waals surface area contributed by atoms with Crippen molar-refractivity contribution in [3.05, 3.63) is 34.6 Å². The van der Waals surface area contributed by atoms with Gasteiger partial charge in [-0.2, -0.15) is 0 Å². The number of ether oxygens (including phenoxy) is 1. The van der Waals surface area contributed by atoms with Crippen LogP contribution in [0.4, 0.5) is 9.18 Å². The van der Waals surface area contributed by atoms with Crippen LogP contribution < -0.4 is 10.6 Å². The molecule has 0 bridgehead atoms. The average molecular weight is 526 g/mol. The quantitative estimate of drug-likeness (QED) is 0.317. The van der Waals surface area contributed by atoms with Crippen LogP contribution in [0.5, 0.6) is 0 Å². The molecule has 3 rings (SSSR count). The highest BCUT2D eigenvalue weighted by Gasteiger charge is 2.43. The van der Waals surface area contributed by atoms with Gasteiger partial charge in [0.15, 0.2) is 0 Å². The number of piperidine rings is 1. The lowest BCUT2D eigenvalue weighted by atomic mass is 9.74. The van der Waals surface area contributed by atoms with Gasteiger partial charge < -0.3 is 25.4 Å². The smallest absolute Gasteiger partial charge is 0.317 e. The number of methoxy groups -OCH3 is 1. The number of carbonyl (C=O) groups is 1. The predicted molar refractivity (Wildman–Crippen MR) is 143 cm³/mol. The molecule has 3 N–H and O–H groups in total. The molecule has 1 saturated carbocycles. The molecule has 0 radical (unpaired) electrons. The highest BCUT2D eigenvalue weighted by atomic mass is 35.5. The largest absolute Gasteiger partial charge is 0.385 e. The lowest BCUT2D eigenvalue weighted by Crippen LogP contribution is -2.54. The van der Waals surface area contributed by atoms with Crippen molar-refractivity contribution in [2.45, 2.75) is 82.3 Å². The number of urea groups is 1. The third-order valence-electron chi connectivity index (χ3n) is 8.08. The van der Waals surface area contributed by atoms with Gasteiger partial charge in [0, 0.05) is 50.9 Å². The molecule has 6 nitrogen and oxygen atoms in total. The van der Waals surface area contributed by atoms with Crippen LogP contribution in [0.1, 0.15) is 76.2 Å². The topological polar surface area (TPSA) is 73.8 Å². The van der Waals surface area contributed by atoms with Crippen LogP contribution in [-0.2, 0) is 10.3 Å². The molecule has 1 aromatic rings. The summed E-state index contributed by atoms with van der Waals surface area (Å²) in [6.45, 7) is 2.39. The molecule has 2 aliphatic rings. The van der Waals surface area contributed by atoms with Gasteiger partial charge in [0.05, 0.1) is 10.6 Å². The van der Waals surface area contributed by atoms with Gasteiger partial charge in [0.1, 0.15) is 5.82 Å². The number of aliphatic hydroxyl groups is 1. The minimum Gasteiger partial charge on any atom is -0.385 e. The first-order valence-electron chi connectivity index (χ1n) is 13.7. The summed E-state index contributed by atoms with van der Waals surface area (Å²) in [5.41, 5.74) is -0.905. The molecule has 3 atom stereocenters. The maximum absolute atomic E-state index is 14.4. The number of carbonyl (C=O) groups excluding carboxylic acids is 1. The van der Waals surface area contributed by atoms with Crippen molar-refractivity contribution in [1.29, 1.82) is 0 Å². The fourth-order valence-electron chi connectivity index (χ4n) is 6.12. The molecule has 1 aliphatic carbocycles. The predicted octanol–water partition coefficient (Wildman–Crippen LogP) is 5.46. The van der Waals surface area contributed by atoms with Gasteiger partial charge in [-0.15, -0.1) is 0 Å². The normalized spacial score (nSPS) is 21.7. The van der Waals surface area contributed by atoms with Crippen LogP contribution in [0.25, 0.3) is 0 Å². The zero-order valence-corrected chi connectivity index (χ0v) is 22.8. The summed E-state index contributed by atoms with van der Waals surface area (Å²) in [4.78, 5) is 15.2. The molecule has 1 heterocycles. The van der Waals surface area contributed by atoms with Crippen LogP contribution in [0.2, 0.25) is 5.02 Å². The average Bonchev–Trinajstić information content (AvgIpc) is 2.89. The summed E-state index contributed by atoms with van der Waals surface area (Å²) in [5, 5.41) is 18.5. The van der Waals surface area contributed by atoms with Crippen molar-refractivity contribution >= 4 is 17.6 Å². The number of halogens is 2. The minimum atomic E-state index is -1.32. The van der Waals surface area contributed by atoms with Crippen LogP contribution in [-0.4, -0.2) is 62.5 Å². The summed E-state index contributed by atoms with van der Waals surface area (Å²) < 4.78 is 19.6. The molecular formula is C28H45ClFN3O3. The molecule has 1 saturated heterocycles. The Morgan fingerprint density at radius 2 is 2.03 bits per heavy atom. The summed E-state index contributed by atoms with van der Waals surface area (Å²) in [6.07, 6.45) is 10.8. The van der Waals surface area contributed by atoms with E-state index in [9.17, 15) is 14.3 Å². The molecule has 0 aromatic heterocycles. The first-order chi connectivity index (χ1) is 17.4. The SMILES string of the molecule is CNCC(CC1CCCCC1)NC(=O)N1CCC[C@@H]([C@@](O)(CCCCOC)c2cccc(F)c2Cl)C1. The standard InChI is InChI=1S/C28H45ClFN3O3/c1-31-19-23(18-21-10-4-3-5-11-21)32-27(34)33-16-9-12-22(20-33)28(35,15-6-7-17-36-2)24-13-8-14-25(30)26(24)29/h8,13-14,21-23,31,35H,3-7,9-12,15-20H2,1-2H3,(H,32,34)/t22-,23?,28+/m1/s1. The van der Waals surface area contributed by atoms with E-state index in [1.54, 1.807) is 19.2 Å². The number of nitrogens with zero attached hydrogens (tertiary/aromatic N) is 1. The fraction of sp³-hybridized carbons (Fsp3) is 0.750. The Kier molecular flexibility index (Phi) is 11.7. The first kappa shape index (κ1) is 29.2. The van der Waals surface area contributed by atoms with Gasteiger partial charge >= 0.3 is 6.03 Å². The molecule has 8 heteroatoms. The Balaban J connectivity index is 1.72. The number of rotatable bonds is 12. The van der Waals surface area contributed by atoms with Crippen LogP contribution in [0, 0.1) is 17.7 Å². The number of benzene rings is 1. The van der Waals surface area contributed by atoms with Crippen molar-refractivity contribution in [2.24, 2.45) is 11.8 Å². The van der Waals surface area contributed by atoms with E-state index in [4.69, 9.17) is 16.3 Å². The molecule has 2 amide bonds. The zero-order chi connectivity index (χ0) is 26.0. The van der Waals surface area contributed by atoms with Crippen molar-refractivity contribution in [2.75, 3.05) is 40.4 Å². The number of likely N-dealkylation sites (tertiary alicyclic amines) is 1. The molecule has 1 aromatic carbocycles. The molecule has 1 aliphatic heterocycles. The van der Waals surface area contributed by atoms with Gasteiger partial charge in [-0.25, -0.2) is 9.18 Å². The summed E-state index contributed by atoms with van der Waals surface area (Å²) >= 11 is 6.37. The molecule has 2 fully saturated rings. The second kappa shape index (κ2) is 14.5. The highest BCUT2D eigenvalue weighted by molar-refractivity contribution is 6.31. The van der Waals surface area contributed by atoms with Crippen molar-refractivity contribution in [3.8, 4) is 0 Å². The number of amides is 2. The molecule has 204 valence electrons. The first-order valence-corrected chi connectivity index (χ1v) is 14.1. The van der Waals surface area contributed by atoms with Gasteiger partial charge in [0.2, 0.25) is 0 Å². The maximum atomic E-state index is 14.4. The number of hydrogen-bond donors (Lipinski definition) is 3. The lowest BCUT2D eigenvalue weighted by Gasteiger charge is -2.43. The second-order valence-electron chi connectivity index (χ2n) is 10.7. The summed E-state index contributed by atoms with van der Waals surface area (Å²) in [6, 6.07) is 4.62. The van der Waals surface area contributed by atoms with Crippen LogP contribution in [0.3, 0.4) is 0 Å². The summed E-state index contributed by atoms with van der Waals surface area (Å²) in [5.74, 6) is -0.105. The Bertz CT molecular complexity index is 823. The zero-order valence-electron chi connectivity index (χ0n) is 22.0. The van der Waals surface area contributed by atoms with Gasteiger partial charge in [-0.3, -0.25) is 0 Å². The molecule has 0 spiro atoms. The Hall–Kier alpha value is -1.41. The third kappa shape index (κ3) is 7.80. The van der Waals surface area contributed by atoms with Crippen molar-refractivity contribution in [1.82, 2.24) is 15.5 Å². The van der Waals surface area contributed by atoms with Gasteiger partial charge in [-0.05, 0) is 57.6 Å². The maximum Gasteiger partial charge on any atom is 0.317 e. The monoisotopic (exact) mass is 525 g/mol. The van der Waals surface area contributed by atoms with E-state index in [2.05, 4.69) is 10.6 Å². The molecule has 36 heavy (non-hydrogen) atoms. The Labute approximate surface area is 221 Å². The van der Waals surface area contributed by atoms with E-state index in [0.717, 1.165) is 32.2 Å². The van der Waals surface area contributed by atoms with Crippen LogP contribution in [0.15, 0.2) is 18.2 Å². The van der Waals surface area contributed by atoms with Gasteiger partial charge in [-0.1, -0.05) is 55.8 Å². The van der Waals surface area contributed by atoms with Crippen molar-refractivity contribution < 1.29 is 19.0 Å². The molecule has 1 unspecified atom stereocenters. The van der Waals surface area contributed by atoms with Gasteiger partial charge in [0.25, 0.3) is 0 Å². The highest BCUT2D eigenvalue weighted by Crippen LogP contribution is 2.43. The van der Waals surface area contributed by atoms with E-state index in [0.29, 0.717) is 44.0 Å². The van der Waals surface area contributed by atoms with E-state index in [1.165, 1.54) is 38.2 Å². The summed E-state index contributed by atoms with van der Waals surface area (Å²) in [7, 11) is 3.58. The number of hydrogen-bond acceptors (Lipinski definition) is 4. The lowest BCUT2D eigenvalue weighted by molar-refractivity contribution is -0.0565. The molecular weight excluding hydrogens is 481 g/mol. The number of unbranched alkanes of at least 4 members (excludes halogenated alkanes) is 1. The van der Waals surface area contributed by atoms with Crippen LogP contribution >= 0.6 is 11.6 Å².